The number of anilines is 1. The topological polar surface area (TPSA) is 83.6 Å². The van der Waals surface area contributed by atoms with Crippen molar-refractivity contribution in [2.75, 3.05) is 5.32 Å². The highest BCUT2D eigenvalue weighted by Gasteiger charge is 2.13. The molecule has 0 aliphatic rings. The molecule has 2 aromatic rings. The van der Waals surface area contributed by atoms with E-state index in [1.54, 1.807) is 18.2 Å². The third-order valence-corrected chi connectivity index (χ3v) is 3.19. The lowest BCUT2D eigenvalue weighted by Gasteiger charge is -2.10. The minimum atomic E-state index is -2.58. The smallest absolute Gasteiger partial charge is 0.288 e. The Bertz CT molecular complexity index is 682. The van der Waals surface area contributed by atoms with Crippen molar-refractivity contribution in [3.05, 3.63) is 36.4 Å². The molecule has 0 aliphatic heterocycles. The normalized spacial score (nSPS) is 10.4. The van der Waals surface area contributed by atoms with Crippen LogP contribution in [-0.2, 0) is 11.3 Å². The van der Waals surface area contributed by atoms with Gasteiger partial charge in [-0.05, 0) is 12.1 Å². The van der Waals surface area contributed by atoms with Crippen molar-refractivity contribution < 1.29 is 13.6 Å². The van der Waals surface area contributed by atoms with Crippen LogP contribution < -0.4 is 5.32 Å². The van der Waals surface area contributed by atoms with Crippen molar-refractivity contribution in [3.8, 4) is 6.07 Å². The van der Waals surface area contributed by atoms with E-state index < -0.39 is 11.7 Å². The Kier molecular flexibility index (Phi) is 4.84. The summed E-state index contributed by atoms with van der Waals surface area (Å²) in [6, 6.07) is 8.04. The lowest BCUT2D eigenvalue weighted by atomic mass is 10.3. The molecule has 9 heteroatoms. The van der Waals surface area contributed by atoms with Gasteiger partial charge in [0.15, 0.2) is 0 Å². The fourth-order valence-electron chi connectivity index (χ4n) is 1.57. The van der Waals surface area contributed by atoms with Gasteiger partial charge in [0.05, 0.1) is 5.69 Å². The Hall–Kier alpha value is -2.47. The number of hydrogen-bond acceptors (Lipinski definition) is 5. The Balaban J connectivity index is 2.08. The van der Waals surface area contributed by atoms with Gasteiger partial charge in [0.2, 0.25) is 11.7 Å². The molecule has 0 aliphatic carbocycles. The van der Waals surface area contributed by atoms with Gasteiger partial charge in [-0.25, -0.2) is 0 Å². The van der Waals surface area contributed by atoms with Crippen LogP contribution in [0.5, 0.6) is 0 Å². The number of benzene rings is 1. The van der Waals surface area contributed by atoms with Gasteiger partial charge in [-0.3, -0.25) is 9.36 Å². The maximum atomic E-state index is 12.4. The summed E-state index contributed by atoms with van der Waals surface area (Å²) in [5.74, 6) is -3.04. The summed E-state index contributed by atoms with van der Waals surface area (Å²) in [5.41, 5.74) is 0.291. The summed E-state index contributed by atoms with van der Waals surface area (Å²) >= 11 is 0.351. The van der Waals surface area contributed by atoms with E-state index >= 15 is 0 Å². The highest BCUT2D eigenvalue weighted by atomic mass is 32.2. The van der Waals surface area contributed by atoms with Gasteiger partial charge in [-0.15, -0.1) is 10.2 Å². The molecule has 0 saturated heterocycles. The minimum Gasteiger partial charge on any atom is -0.324 e. The quantitative estimate of drug-likeness (QED) is 0.855. The molecule has 0 spiro atoms. The third kappa shape index (κ3) is 4.00. The first-order chi connectivity index (χ1) is 10.1. The summed E-state index contributed by atoms with van der Waals surface area (Å²) in [5, 5.41) is 18.3. The van der Waals surface area contributed by atoms with Gasteiger partial charge >= 0.3 is 0 Å². The fraction of sp³-hybridized carbons (Fsp3) is 0.167. The molecule has 21 heavy (non-hydrogen) atoms. The van der Waals surface area contributed by atoms with E-state index in [9.17, 15) is 13.6 Å². The first kappa shape index (κ1) is 14.9. The Morgan fingerprint density at radius 2 is 2.24 bits per heavy atom. The summed E-state index contributed by atoms with van der Waals surface area (Å²) in [6.07, 6.45) is 1.25. The number of nitrogens with one attached hydrogen (secondary N) is 1. The number of nitriles is 1. The Labute approximate surface area is 122 Å². The first-order valence-corrected chi connectivity index (χ1v) is 6.59. The van der Waals surface area contributed by atoms with Gasteiger partial charge in [-0.1, -0.05) is 23.9 Å². The van der Waals surface area contributed by atoms with Crippen LogP contribution in [0.1, 0.15) is 5.82 Å². The van der Waals surface area contributed by atoms with Crippen molar-refractivity contribution in [2.24, 2.45) is 0 Å². The van der Waals surface area contributed by atoms with Crippen LogP contribution in [0.3, 0.4) is 0 Å². The Morgan fingerprint density at radius 1 is 1.48 bits per heavy atom. The molecule has 6 nitrogen and oxygen atoms in total. The summed E-state index contributed by atoms with van der Waals surface area (Å²) < 4.78 is 26.1. The van der Waals surface area contributed by atoms with Crippen molar-refractivity contribution in [2.45, 2.75) is 17.2 Å². The van der Waals surface area contributed by atoms with Gasteiger partial charge in [0, 0.05) is 4.90 Å². The number of hydrogen-bond donors (Lipinski definition) is 1. The lowest BCUT2D eigenvalue weighted by molar-refractivity contribution is -0.116. The second kappa shape index (κ2) is 6.81. The van der Waals surface area contributed by atoms with Crippen molar-refractivity contribution >= 4 is 23.4 Å². The third-order valence-electron chi connectivity index (χ3n) is 2.41. The number of nitrogens with zero attached hydrogens (tertiary/aromatic N) is 4. The molecule has 0 unspecified atom stereocenters. The SMILES string of the molecule is N#Cc1nncn1CC(=O)Nc1ccccc1SC(F)F. The second-order valence-corrected chi connectivity index (χ2v) is 4.85. The molecule has 108 valence electrons. The van der Waals surface area contributed by atoms with Crippen LogP contribution in [0.25, 0.3) is 0 Å². The van der Waals surface area contributed by atoms with Crippen LogP contribution in [0, 0.1) is 11.3 Å². The minimum absolute atomic E-state index is 0.000362. The van der Waals surface area contributed by atoms with Gasteiger partial charge in [0.1, 0.15) is 18.9 Å². The molecule has 0 saturated carbocycles. The number of amides is 1. The second-order valence-electron chi connectivity index (χ2n) is 3.82. The monoisotopic (exact) mass is 309 g/mol. The van der Waals surface area contributed by atoms with E-state index in [-0.39, 0.29) is 17.3 Å². The zero-order chi connectivity index (χ0) is 15.2. The molecule has 1 amide bonds. The number of carbonyl (C=O) groups excluding carboxylic acids is 1. The van der Waals surface area contributed by atoms with Crippen LogP contribution in [-0.4, -0.2) is 26.4 Å². The molecule has 1 aromatic carbocycles. The maximum absolute atomic E-state index is 12.4. The van der Waals surface area contributed by atoms with Crippen LogP contribution in [0.15, 0.2) is 35.5 Å². The number of rotatable bonds is 5. The molecular weight excluding hydrogens is 300 g/mol. The number of halogens is 2. The zero-order valence-corrected chi connectivity index (χ0v) is 11.3. The van der Waals surface area contributed by atoms with Gasteiger partial charge in [-0.2, -0.15) is 14.0 Å². The molecule has 2 rings (SSSR count). The lowest BCUT2D eigenvalue weighted by Crippen LogP contribution is -2.19. The van der Waals surface area contributed by atoms with Crippen molar-refractivity contribution in [3.63, 3.8) is 0 Å². The standard InChI is InChI=1S/C12H9F2N5OS/c13-12(14)21-9-4-2-1-3-8(9)17-11(20)6-19-7-16-18-10(19)5-15/h1-4,7,12H,6H2,(H,17,20). The molecule has 1 aromatic heterocycles. The molecule has 1 N–H and O–H groups in total. The predicted molar refractivity (Wildman–Crippen MR) is 71.7 cm³/mol. The van der Waals surface area contributed by atoms with E-state index in [1.807, 2.05) is 0 Å². The van der Waals surface area contributed by atoms with Crippen LogP contribution >= 0.6 is 11.8 Å². The van der Waals surface area contributed by atoms with Crippen LogP contribution in [0.4, 0.5) is 14.5 Å². The van der Waals surface area contributed by atoms with E-state index in [1.165, 1.54) is 23.0 Å². The molecule has 0 bridgehead atoms. The number of carbonyl (C=O) groups is 1. The highest BCUT2D eigenvalue weighted by Crippen LogP contribution is 2.31. The average molecular weight is 309 g/mol. The van der Waals surface area contributed by atoms with E-state index in [0.717, 1.165) is 0 Å². The molecule has 1 heterocycles. The van der Waals surface area contributed by atoms with Gasteiger partial charge in [0.25, 0.3) is 5.76 Å². The predicted octanol–water partition coefficient (Wildman–Crippen LogP) is 2.10. The zero-order valence-electron chi connectivity index (χ0n) is 10.5. The van der Waals surface area contributed by atoms with Gasteiger partial charge < -0.3 is 5.32 Å². The van der Waals surface area contributed by atoms with Crippen molar-refractivity contribution in [1.82, 2.24) is 14.8 Å². The summed E-state index contributed by atoms with van der Waals surface area (Å²) in [6.45, 7) is -0.177. The van der Waals surface area contributed by atoms with E-state index in [2.05, 4.69) is 15.5 Å². The number of alkyl halides is 2. The highest BCUT2D eigenvalue weighted by molar-refractivity contribution is 7.99. The fourth-order valence-corrected chi connectivity index (χ4v) is 2.17. The molecular formula is C12H9F2N5OS. The summed E-state index contributed by atoms with van der Waals surface area (Å²) in [7, 11) is 0. The number of para-hydroxylation sites is 1. The maximum Gasteiger partial charge on any atom is 0.288 e. The largest absolute Gasteiger partial charge is 0.324 e. The first-order valence-electron chi connectivity index (χ1n) is 5.71. The molecule has 0 radical (unpaired) electrons. The van der Waals surface area contributed by atoms with Crippen molar-refractivity contribution in [1.29, 1.82) is 5.26 Å². The molecule has 0 atom stereocenters. The summed E-state index contributed by atoms with van der Waals surface area (Å²) in [4.78, 5) is 12.2. The van der Waals surface area contributed by atoms with E-state index in [0.29, 0.717) is 17.4 Å². The average Bonchev–Trinajstić information content (AvgIpc) is 2.87. The number of aromatic nitrogens is 3. The molecule has 0 fully saturated rings. The van der Waals surface area contributed by atoms with Crippen LogP contribution in [0.2, 0.25) is 0 Å². The Morgan fingerprint density at radius 3 is 2.95 bits per heavy atom. The number of thioether (sulfide) groups is 1. The van der Waals surface area contributed by atoms with E-state index in [4.69, 9.17) is 5.26 Å².